The third-order valence-electron chi connectivity index (χ3n) is 5.26. The summed E-state index contributed by atoms with van der Waals surface area (Å²) in [7, 11) is 0. The maximum absolute atomic E-state index is 13.7. The summed E-state index contributed by atoms with van der Waals surface area (Å²) < 4.78 is 15.5. The first-order valence-corrected chi connectivity index (χ1v) is 9.37. The van der Waals surface area contributed by atoms with Gasteiger partial charge in [0.25, 0.3) is 0 Å². The number of benzene rings is 3. The number of hydrogen-bond acceptors (Lipinski definition) is 4. The zero-order chi connectivity index (χ0) is 20.8. The van der Waals surface area contributed by atoms with Crippen LogP contribution in [-0.2, 0) is 0 Å². The van der Waals surface area contributed by atoms with Gasteiger partial charge in [-0.15, -0.1) is 0 Å². The van der Waals surface area contributed by atoms with Crippen LogP contribution >= 0.6 is 0 Å². The summed E-state index contributed by atoms with van der Waals surface area (Å²) in [6.07, 6.45) is 1.63. The van der Waals surface area contributed by atoms with Crippen LogP contribution in [0, 0.1) is 12.7 Å². The number of imidazole rings is 1. The van der Waals surface area contributed by atoms with E-state index in [0.29, 0.717) is 16.9 Å². The molecule has 0 spiro atoms. The molecule has 0 fully saturated rings. The van der Waals surface area contributed by atoms with E-state index >= 15 is 0 Å². The van der Waals surface area contributed by atoms with Gasteiger partial charge in [0.05, 0.1) is 22.5 Å². The van der Waals surface area contributed by atoms with E-state index in [1.54, 1.807) is 17.8 Å². The van der Waals surface area contributed by atoms with Gasteiger partial charge in [-0.05, 0) is 36.8 Å². The number of hydrogen-bond donors (Lipinski definition) is 0. The molecule has 2 aromatic heterocycles. The molecule has 146 valence electrons. The second-order valence-electron chi connectivity index (χ2n) is 7.04. The second-order valence-corrected chi connectivity index (χ2v) is 7.04. The summed E-state index contributed by atoms with van der Waals surface area (Å²) >= 11 is 0. The normalized spacial score (nSPS) is 11.3. The minimum absolute atomic E-state index is 0.0736. The molecule has 0 saturated heterocycles. The minimum Gasteiger partial charge on any atom is -0.545 e. The first-order valence-electron chi connectivity index (χ1n) is 9.37. The van der Waals surface area contributed by atoms with E-state index in [0.717, 1.165) is 22.2 Å². The molecule has 0 atom stereocenters. The Labute approximate surface area is 171 Å². The molecule has 0 aliphatic carbocycles. The quantitative estimate of drug-likeness (QED) is 0.461. The molecule has 0 aliphatic heterocycles. The lowest BCUT2D eigenvalue weighted by Gasteiger charge is -2.16. The van der Waals surface area contributed by atoms with Crippen molar-refractivity contribution in [3.63, 3.8) is 0 Å². The van der Waals surface area contributed by atoms with Crippen LogP contribution in [0.1, 0.15) is 15.9 Å². The van der Waals surface area contributed by atoms with E-state index in [-0.39, 0.29) is 10.9 Å². The SMILES string of the molecule is Cc1c(-n2cnc3c(-c4ccccc4)cccc32)nc2ccc(F)cc2c1C(=O)[O-]. The van der Waals surface area contributed by atoms with Crippen LogP contribution in [0.2, 0.25) is 0 Å². The monoisotopic (exact) mass is 396 g/mol. The fourth-order valence-corrected chi connectivity index (χ4v) is 3.87. The molecule has 3 aromatic carbocycles. The highest BCUT2D eigenvalue weighted by atomic mass is 19.1. The Bertz CT molecular complexity index is 1440. The van der Waals surface area contributed by atoms with Crippen molar-refractivity contribution in [2.75, 3.05) is 0 Å². The van der Waals surface area contributed by atoms with E-state index in [9.17, 15) is 14.3 Å². The maximum Gasteiger partial charge on any atom is 0.142 e. The van der Waals surface area contributed by atoms with E-state index in [4.69, 9.17) is 0 Å². The van der Waals surface area contributed by atoms with E-state index in [1.807, 2.05) is 48.5 Å². The number of rotatable bonds is 3. The molecule has 0 saturated carbocycles. The molecule has 0 radical (unpaired) electrons. The number of aromatic nitrogens is 3. The van der Waals surface area contributed by atoms with E-state index in [1.165, 1.54) is 18.2 Å². The lowest BCUT2D eigenvalue weighted by molar-refractivity contribution is -0.254. The number of carbonyl (C=O) groups excluding carboxylic acids is 1. The average Bonchev–Trinajstić information content (AvgIpc) is 3.17. The number of aromatic carboxylic acids is 1. The molecule has 0 bridgehead atoms. The van der Waals surface area contributed by atoms with Gasteiger partial charge >= 0.3 is 0 Å². The predicted octanol–water partition coefficient (Wildman–Crippen LogP) is 4.05. The molecule has 2 heterocycles. The number of carboxylic acids is 1. The molecule has 0 amide bonds. The van der Waals surface area contributed by atoms with Crippen molar-refractivity contribution in [1.29, 1.82) is 0 Å². The smallest absolute Gasteiger partial charge is 0.142 e. The number of para-hydroxylation sites is 1. The third kappa shape index (κ3) is 2.73. The van der Waals surface area contributed by atoms with Gasteiger partial charge in [-0.1, -0.05) is 42.5 Å². The maximum atomic E-state index is 13.7. The van der Waals surface area contributed by atoms with Gasteiger partial charge in [-0.2, -0.15) is 0 Å². The highest BCUT2D eigenvalue weighted by molar-refractivity contribution is 6.04. The molecular formula is C24H15FN3O2-. The average molecular weight is 396 g/mol. The van der Waals surface area contributed by atoms with Crippen LogP contribution in [0.25, 0.3) is 38.9 Å². The lowest BCUT2D eigenvalue weighted by atomic mass is 10.0. The Hall–Kier alpha value is -4.06. The van der Waals surface area contributed by atoms with Crippen molar-refractivity contribution >= 4 is 27.9 Å². The van der Waals surface area contributed by atoms with Crippen LogP contribution in [0.3, 0.4) is 0 Å². The van der Waals surface area contributed by atoms with E-state index < -0.39 is 11.8 Å². The molecule has 0 unspecified atom stereocenters. The molecule has 5 aromatic rings. The number of carbonyl (C=O) groups is 1. The fourth-order valence-electron chi connectivity index (χ4n) is 3.87. The first-order chi connectivity index (χ1) is 14.5. The molecule has 0 aliphatic rings. The highest BCUT2D eigenvalue weighted by Crippen LogP contribution is 2.31. The van der Waals surface area contributed by atoms with Gasteiger partial charge in [0.1, 0.15) is 18.0 Å². The van der Waals surface area contributed by atoms with Gasteiger partial charge < -0.3 is 9.90 Å². The number of nitrogens with zero attached hydrogens (tertiary/aromatic N) is 3. The van der Waals surface area contributed by atoms with Gasteiger partial charge in [0.15, 0.2) is 0 Å². The number of fused-ring (bicyclic) bond motifs is 2. The lowest BCUT2D eigenvalue weighted by Crippen LogP contribution is -2.24. The summed E-state index contributed by atoms with van der Waals surface area (Å²) in [5.41, 5.74) is 4.25. The highest BCUT2D eigenvalue weighted by Gasteiger charge is 2.17. The summed E-state index contributed by atoms with van der Waals surface area (Å²) in [4.78, 5) is 21.1. The van der Waals surface area contributed by atoms with Gasteiger partial charge in [-0.25, -0.2) is 14.4 Å². The number of halogens is 1. The zero-order valence-electron chi connectivity index (χ0n) is 16.0. The third-order valence-corrected chi connectivity index (χ3v) is 5.26. The summed E-state index contributed by atoms with van der Waals surface area (Å²) in [6.45, 7) is 1.64. The van der Waals surface area contributed by atoms with Gasteiger partial charge in [0, 0.05) is 22.1 Å². The van der Waals surface area contributed by atoms with Crippen LogP contribution in [0.5, 0.6) is 0 Å². The minimum atomic E-state index is -1.37. The van der Waals surface area contributed by atoms with Gasteiger partial charge in [0.2, 0.25) is 0 Å². The molecule has 5 nitrogen and oxygen atoms in total. The standard InChI is InChI=1S/C24H16FN3O2/c1-14-21(24(29)30)18-12-16(25)10-11-19(18)27-23(14)28-13-26-22-17(8-5-9-20(22)28)15-6-3-2-4-7-15/h2-13H,1H3,(H,29,30)/p-1. The van der Waals surface area contributed by atoms with Crippen LogP contribution < -0.4 is 5.11 Å². The zero-order valence-corrected chi connectivity index (χ0v) is 16.0. The first kappa shape index (κ1) is 18.0. The Balaban J connectivity index is 1.80. The summed E-state index contributed by atoms with van der Waals surface area (Å²) in [5.74, 6) is -1.48. The fraction of sp³-hybridized carbons (Fsp3) is 0.0417. The number of pyridine rings is 1. The predicted molar refractivity (Wildman–Crippen MR) is 111 cm³/mol. The summed E-state index contributed by atoms with van der Waals surface area (Å²) in [5, 5.41) is 12.1. The van der Waals surface area contributed by atoms with Crippen LogP contribution in [0.15, 0.2) is 73.1 Å². The summed E-state index contributed by atoms with van der Waals surface area (Å²) in [6, 6.07) is 19.6. The van der Waals surface area contributed by atoms with Crippen molar-refractivity contribution < 1.29 is 14.3 Å². The van der Waals surface area contributed by atoms with Crippen molar-refractivity contribution in [3.05, 3.63) is 90.0 Å². The Morgan fingerprint density at radius 2 is 1.83 bits per heavy atom. The Kier molecular flexibility index (Phi) is 4.06. The van der Waals surface area contributed by atoms with Crippen molar-refractivity contribution in [2.45, 2.75) is 6.92 Å². The van der Waals surface area contributed by atoms with Crippen LogP contribution in [-0.4, -0.2) is 20.5 Å². The van der Waals surface area contributed by atoms with Crippen molar-refractivity contribution in [2.24, 2.45) is 0 Å². The van der Waals surface area contributed by atoms with Crippen LogP contribution in [0.4, 0.5) is 4.39 Å². The topological polar surface area (TPSA) is 70.8 Å². The molecular weight excluding hydrogens is 381 g/mol. The number of carboxylic acid groups (broad SMARTS) is 1. The second kappa shape index (κ2) is 6.77. The molecule has 30 heavy (non-hydrogen) atoms. The largest absolute Gasteiger partial charge is 0.545 e. The van der Waals surface area contributed by atoms with Gasteiger partial charge in [-0.3, -0.25) is 4.57 Å². The molecule has 6 heteroatoms. The molecule has 0 N–H and O–H groups in total. The van der Waals surface area contributed by atoms with E-state index in [2.05, 4.69) is 9.97 Å². The van der Waals surface area contributed by atoms with Crippen molar-refractivity contribution in [3.8, 4) is 16.9 Å². The Morgan fingerprint density at radius 3 is 2.60 bits per heavy atom. The molecule has 5 rings (SSSR count). The Morgan fingerprint density at radius 1 is 1.03 bits per heavy atom. The van der Waals surface area contributed by atoms with Crippen molar-refractivity contribution in [1.82, 2.24) is 14.5 Å².